The van der Waals surface area contributed by atoms with Gasteiger partial charge in [-0.15, -0.1) is 0 Å². The maximum absolute atomic E-state index is 13.7. The lowest BCUT2D eigenvalue weighted by molar-refractivity contribution is 0.516. The van der Waals surface area contributed by atoms with E-state index in [9.17, 15) is 4.79 Å². The van der Waals surface area contributed by atoms with Crippen LogP contribution in [-0.2, 0) is 0 Å². The lowest BCUT2D eigenvalue weighted by Crippen LogP contribution is -2.43. The molecule has 1 atom stereocenters. The molecule has 0 aromatic carbocycles. The summed E-state index contributed by atoms with van der Waals surface area (Å²) in [6.07, 6.45) is 7.88. The van der Waals surface area contributed by atoms with E-state index >= 15 is 0 Å². The topological polar surface area (TPSA) is 126 Å². The van der Waals surface area contributed by atoms with Gasteiger partial charge in [0.2, 0.25) is 5.95 Å². The third kappa shape index (κ3) is 4.81. The van der Waals surface area contributed by atoms with Crippen LogP contribution in [0.5, 0.6) is 0 Å². The number of nitrogens with two attached hydrogens (primary N) is 1. The third-order valence-corrected chi connectivity index (χ3v) is 7.11. The molecule has 35 heavy (non-hydrogen) atoms. The highest BCUT2D eigenvalue weighted by atomic mass is 16.1. The number of nitrogens with zero attached hydrogens (tertiary/aromatic N) is 5. The number of hydrogen-bond donors (Lipinski definition) is 4. The van der Waals surface area contributed by atoms with Crippen molar-refractivity contribution in [1.29, 1.82) is 0 Å². The highest BCUT2D eigenvalue weighted by Gasteiger charge is 2.25. The molecule has 10 heteroatoms. The monoisotopic (exact) mass is 477 g/mol. The van der Waals surface area contributed by atoms with Crippen molar-refractivity contribution in [2.75, 3.05) is 48.3 Å². The Bertz CT molecular complexity index is 1230. The Labute approximate surface area is 205 Å². The van der Waals surface area contributed by atoms with Crippen LogP contribution in [0.25, 0.3) is 11.0 Å². The predicted molar refractivity (Wildman–Crippen MR) is 141 cm³/mol. The Hall–Kier alpha value is -3.24. The maximum Gasteiger partial charge on any atom is 0.276 e. The molecule has 1 aliphatic heterocycles. The van der Waals surface area contributed by atoms with Gasteiger partial charge in [-0.25, -0.2) is 9.97 Å². The molecule has 186 valence electrons. The molecule has 0 amide bonds. The summed E-state index contributed by atoms with van der Waals surface area (Å²) < 4.78 is 1.87. The second kappa shape index (κ2) is 10.2. The van der Waals surface area contributed by atoms with Crippen molar-refractivity contribution in [1.82, 2.24) is 24.8 Å². The van der Waals surface area contributed by atoms with Crippen LogP contribution in [0.4, 0.5) is 23.1 Å². The summed E-state index contributed by atoms with van der Waals surface area (Å²) >= 11 is 0. The van der Waals surface area contributed by atoms with E-state index in [2.05, 4.69) is 36.9 Å². The average molecular weight is 478 g/mol. The molecule has 3 aromatic heterocycles. The number of fused-ring (bicyclic) bond motifs is 1. The number of hydrogen-bond acceptors (Lipinski definition) is 9. The number of anilines is 4. The molecule has 2 aliphatic rings. The van der Waals surface area contributed by atoms with Crippen LogP contribution >= 0.6 is 0 Å². The molecule has 0 spiro atoms. The van der Waals surface area contributed by atoms with Crippen LogP contribution in [0.1, 0.15) is 44.2 Å². The van der Waals surface area contributed by atoms with Gasteiger partial charge < -0.3 is 26.6 Å². The van der Waals surface area contributed by atoms with E-state index < -0.39 is 0 Å². The number of nitrogens with one attached hydrogen (secondary N) is 3. The Morgan fingerprint density at radius 3 is 2.63 bits per heavy atom. The summed E-state index contributed by atoms with van der Waals surface area (Å²) in [6.45, 7) is 8.28. The Balaban J connectivity index is 1.49. The van der Waals surface area contributed by atoms with Gasteiger partial charge >= 0.3 is 0 Å². The maximum atomic E-state index is 13.7. The molecular weight excluding hydrogens is 442 g/mol. The number of piperazine rings is 1. The molecule has 1 aliphatic carbocycles. The third-order valence-electron chi connectivity index (χ3n) is 7.11. The average Bonchev–Trinajstić information content (AvgIpc) is 3.42. The van der Waals surface area contributed by atoms with E-state index in [0.717, 1.165) is 68.5 Å². The quantitative estimate of drug-likeness (QED) is 0.406. The fourth-order valence-corrected chi connectivity index (χ4v) is 5.05. The number of aromatic nitrogens is 4. The Morgan fingerprint density at radius 1 is 1.17 bits per heavy atom. The van der Waals surface area contributed by atoms with E-state index in [1.807, 2.05) is 30.7 Å². The zero-order valence-corrected chi connectivity index (χ0v) is 20.5. The fourth-order valence-electron chi connectivity index (χ4n) is 5.05. The molecule has 5 N–H and O–H groups in total. The van der Waals surface area contributed by atoms with Crippen LogP contribution < -0.4 is 32.1 Å². The van der Waals surface area contributed by atoms with E-state index in [4.69, 9.17) is 10.7 Å². The molecule has 1 unspecified atom stereocenters. The first-order chi connectivity index (χ1) is 17.0. The summed E-state index contributed by atoms with van der Waals surface area (Å²) in [7, 11) is 0. The standard InChI is InChI=1S/C25H35N9O/c1-16(13-26)30-22-17(2)20-15-29-25(32-23(20)34(24(22)35)18-5-3-4-6-18)31-21-8-7-19(14-28-21)33-11-9-27-10-12-33/h7-8,14-16,18,27,30H,3-6,9-13,26H2,1-2H3,(H,28,29,31,32). The van der Waals surface area contributed by atoms with Crippen LogP contribution in [0.2, 0.25) is 0 Å². The van der Waals surface area contributed by atoms with Crippen molar-refractivity contribution in [3.8, 4) is 0 Å². The van der Waals surface area contributed by atoms with E-state index in [0.29, 0.717) is 29.6 Å². The smallest absolute Gasteiger partial charge is 0.276 e. The Morgan fingerprint density at radius 2 is 1.94 bits per heavy atom. The molecule has 2 fully saturated rings. The minimum atomic E-state index is -0.0367. The Kier molecular flexibility index (Phi) is 6.83. The van der Waals surface area contributed by atoms with Crippen molar-refractivity contribution in [3.63, 3.8) is 0 Å². The number of rotatable bonds is 7. The molecule has 0 bridgehead atoms. The van der Waals surface area contributed by atoms with Gasteiger partial charge in [-0.2, -0.15) is 4.98 Å². The second-order valence-electron chi connectivity index (χ2n) is 9.59. The summed E-state index contributed by atoms with van der Waals surface area (Å²) in [4.78, 5) is 29.9. The first-order valence-electron chi connectivity index (χ1n) is 12.6. The van der Waals surface area contributed by atoms with Gasteiger partial charge in [0.25, 0.3) is 5.56 Å². The fraction of sp³-hybridized carbons (Fsp3) is 0.520. The summed E-state index contributed by atoms with van der Waals surface area (Å²) in [5.74, 6) is 1.10. The van der Waals surface area contributed by atoms with E-state index in [1.54, 1.807) is 6.20 Å². The van der Waals surface area contributed by atoms with Crippen molar-refractivity contribution >= 4 is 34.2 Å². The molecule has 0 radical (unpaired) electrons. The van der Waals surface area contributed by atoms with Crippen LogP contribution in [0, 0.1) is 6.92 Å². The van der Waals surface area contributed by atoms with Crippen LogP contribution in [-0.4, -0.2) is 58.3 Å². The van der Waals surface area contributed by atoms with Crippen molar-refractivity contribution < 1.29 is 0 Å². The molecule has 4 heterocycles. The lowest BCUT2D eigenvalue weighted by Gasteiger charge is -2.29. The van der Waals surface area contributed by atoms with Gasteiger partial charge in [0, 0.05) is 56.4 Å². The predicted octanol–water partition coefficient (Wildman–Crippen LogP) is 2.52. The first-order valence-corrected chi connectivity index (χ1v) is 12.6. The number of aryl methyl sites for hydroxylation is 1. The normalized spacial score (nSPS) is 17.6. The van der Waals surface area contributed by atoms with Gasteiger partial charge in [-0.05, 0) is 44.4 Å². The van der Waals surface area contributed by atoms with E-state index in [1.165, 1.54) is 0 Å². The van der Waals surface area contributed by atoms with E-state index in [-0.39, 0.29) is 17.6 Å². The molecule has 1 saturated heterocycles. The van der Waals surface area contributed by atoms with Gasteiger partial charge in [-0.1, -0.05) is 12.8 Å². The number of pyridine rings is 2. The molecule has 1 saturated carbocycles. The minimum absolute atomic E-state index is 0.00650. The van der Waals surface area contributed by atoms with Gasteiger partial charge in [0.05, 0.1) is 11.9 Å². The largest absolute Gasteiger partial charge is 0.377 e. The van der Waals surface area contributed by atoms with Crippen molar-refractivity contribution in [2.24, 2.45) is 5.73 Å². The van der Waals surface area contributed by atoms with Gasteiger partial charge in [-0.3, -0.25) is 9.36 Å². The zero-order valence-electron chi connectivity index (χ0n) is 20.5. The lowest BCUT2D eigenvalue weighted by atomic mass is 10.1. The van der Waals surface area contributed by atoms with Crippen molar-refractivity contribution in [2.45, 2.75) is 51.6 Å². The van der Waals surface area contributed by atoms with Crippen LogP contribution in [0.15, 0.2) is 29.3 Å². The van der Waals surface area contributed by atoms with Crippen molar-refractivity contribution in [3.05, 3.63) is 40.4 Å². The summed E-state index contributed by atoms with van der Waals surface area (Å²) in [6, 6.07) is 4.14. The molecule has 3 aromatic rings. The SMILES string of the molecule is Cc1c(NC(C)CN)c(=O)n(C2CCCC2)c2nc(Nc3ccc(N4CCNCC4)cn3)ncc12. The van der Waals surface area contributed by atoms with Gasteiger partial charge in [0.1, 0.15) is 17.2 Å². The minimum Gasteiger partial charge on any atom is -0.377 e. The zero-order chi connectivity index (χ0) is 24.4. The molecular formula is C25H35N9O. The highest BCUT2D eigenvalue weighted by Crippen LogP contribution is 2.33. The highest BCUT2D eigenvalue weighted by molar-refractivity contribution is 5.84. The molecule has 5 rings (SSSR count). The van der Waals surface area contributed by atoms with Crippen LogP contribution in [0.3, 0.4) is 0 Å². The van der Waals surface area contributed by atoms with Gasteiger partial charge in [0.15, 0.2) is 0 Å². The molecule has 10 nitrogen and oxygen atoms in total. The summed E-state index contributed by atoms with van der Waals surface area (Å²) in [5, 5.41) is 10.8. The summed E-state index contributed by atoms with van der Waals surface area (Å²) in [5.41, 5.74) is 9.00. The first kappa shape index (κ1) is 23.5. The second-order valence-corrected chi connectivity index (χ2v) is 9.59.